The minimum atomic E-state index is -0.205. The normalized spacial score (nSPS) is 21.8. The Hall–Kier alpha value is -2.53. The lowest BCUT2D eigenvalue weighted by Gasteiger charge is -2.59. The van der Waals surface area contributed by atoms with E-state index >= 15 is 0 Å². The first-order valence-corrected chi connectivity index (χ1v) is 8.56. The van der Waals surface area contributed by atoms with Crippen molar-refractivity contribution in [1.82, 2.24) is 4.90 Å². The molecule has 130 valence electrons. The lowest BCUT2D eigenvalue weighted by atomic mass is 9.64. The SMILES string of the molecule is O=C(c1ccc(O)cc1O)N1CC2(CCOCC2)[C@H]1c1ccccc1. The molecule has 2 saturated heterocycles. The predicted molar refractivity (Wildman–Crippen MR) is 92.5 cm³/mol. The lowest BCUT2D eigenvalue weighted by Crippen LogP contribution is -2.62. The Morgan fingerprint density at radius 2 is 1.80 bits per heavy atom. The average molecular weight is 339 g/mol. The quantitative estimate of drug-likeness (QED) is 0.882. The number of aromatic hydroxyl groups is 2. The van der Waals surface area contributed by atoms with E-state index in [1.165, 1.54) is 18.2 Å². The van der Waals surface area contributed by atoms with Crippen molar-refractivity contribution in [2.75, 3.05) is 19.8 Å². The first-order chi connectivity index (χ1) is 12.1. The van der Waals surface area contributed by atoms with Gasteiger partial charge in [-0.15, -0.1) is 0 Å². The third-order valence-electron chi connectivity index (χ3n) is 5.45. The summed E-state index contributed by atoms with van der Waals surface area (Å²) in [5.74, 6) is -0.452. The maximum atomic E-state index is 13.0. The van der Waals surface area contributed by atoms with Gasteiger partial charge in [-0.05, 0) is 30.5 Å². The van der Waals surface area contributed by atoms with E-state index in [2.05, 4.69) is 12.1 Å². The van der Waals surface area contributed by atoms with E-state index in [4.69, 9.17) is 4.74 Å². The van der Waals surface area contributed by atoms with E-state index in [1.54, 1.807) is 0 Å². The van der Waals surface area contributed by atoms with Gasteiger partial charge in [0, 0.05) is 31.2 Å². The number of phenolic OH excluding ortho intramolecular Hbond substituents is 2. The molecule has 1 spiro atoms. The molecule has 0 radical (unpaired) electrons. The second-order valence-electron chi connectivity index (χ2n) is 6.92. The van der Waals surface area contributed by atoms with Crippen LogP contribution in [-0.4, -0.2) is 40.8 Å². The van der Waals surface area contributed by atoms with Crippen molar-refractivity contribution in [2.24, 2.45) is 5.41 Å². The molecule has 2 aromatic rings. The monoisotopic (exact) mass is 339 g/mol. The Kier molecular flexibility index (Phi) is 3.88. The minimum absolute atomic E-state index is 0.0155. The second-order valence-corrected chi connectivity index (χ2v) is 6.92. The van der Waals surface area contributed by atoms with Gasteiger partial charge in [0.2, 0.25) is 0 Å². The van der Waals surface area contributed by atoms with Crippen molar-refractivity contribution < 1.29 is 19.7 Å². The summed E-state index contributed by atoms with van der Waals surface area (Å²) in [6, 6.07) is 14.1. The molecule has 0 unspecified atom stereocenters. The highest BCUT2D eigenvalue weighted by Crippen LogP contribution is 2.55. The maximum Gasteiger partial charge on any atom is 0.258 e. The summed E-state index contributed by atoms with van der Waals surface area (Å²) in [5, 5.41) is 19.5. The number of benzene rings is 2. The Balaban J connectivity index is 1.68. The second kappa shape index (κ2) is 6.08. The van der Waals surface area contributed by atoms with Crippen molar-refractivity contribution in [3.05, 3.63) is 59.7 Å². The zero-order valence-corrected chi connectivity index (χ0v) is 13.9. The Bertz CT molecular complexity index is 784. The number of likely N-dealkylation sites (tertiary alicyclic amines) is 1. The van der Waals surface area contributed by atoms with E-state index < -0.39 is 0 Å². The smallest absolute Gasteiger partial charge is 0.258 e. The molecule has 25 heavy (non-hydrogen) atoms. The number of hydrogen-bond donors (Lipinski definition) is 2. The van der Waals surface area contributed by atoms with Gasteiger partial charge in [-0.25, -0.2) is 0 Å². The lowest BCUT2D eigenvalue weighted by molar-refractivity contribution is -0.115. The first kappa shape index (κ1) is 16.0. The molecule has 0 aromatic heterocycles. The van der Waals surface area contributed by atoms with Crippen molar-refractivity contribution >= 4 is 5.91 Å². The van der Waals surface area contributed by atoms with E-state index in [1.807, 2.05) is 23.1 Å². The molecule has 2 N–H and O–H groups in total. The molecular formula is C20H21NO4. The van der Waals surface area contributed by atoms with Gasteiger partial charge in [-0.3, -0.25) is 4.79 Å². The third kappa shape index (κ3) is 2.65. The van der Waals surface area contributed by atoms with Gasteiger partial charge in [0.25, 0.3) is 5.91 Å². The van der Waals surface area contributed by atoms with Crippen LogP contribution in [-0.2, 0) is 4.74 Å². The molecule has 5 heteroatoms. The molecule has 1 amide bonds. The van der Waals surface area contributed by atoms with E-state index in [0.29, 0.717) is 6.54 Å². The minimum Gasteiger partial charge on any atom is -0.508 e. The van der Waals surface area contributed by atoms with Gasteiger partial charge < -0.3 is 19.8 Å². The van der Waals surface area contributed by atoms with Crippen LogP contribution < -0.4 is 0 Å². The van der Waals surface area contributed by atoms with Gasteiger partial charge in [0.05, 0.1) is 11.6 Å². The molecule has 2 aliphatic rings. The number of amides is 1. The van der Waals surface area contributed by atoms with Crippen LogP contribution in [0.1, 0.15) is 34.8 Å². The first-order valence-electron chi connectivity index (χ1n) is 8.56. The van der Waals surface area contributed by atoms with Crippen molar-refractivity contribution in [3.8, 4) is 11.5 Å². The molecule has 2 heterocycles. The molecular weight excluding hydrogens is 318 g/mol. The fourth-order valence-corrected chi connectivity index (χ4v) is 4.16. The molecule has 2 aromatic carbocycles. The average Bonchev–Trinajstić information content (AvgIpc) is 2.61. The van der Waals surface area contributed by atoms with Gasteiger partial charge in [-0.1, -0.05) is 30.3 Å². The topological polar surface area (TPSA) is 70.0 Å². The molecule has 4 rings (SSSR count). The van der Waals surface area contributed by atoms with Crippen LogP contribution in [0.25, 0.3) is 0 Å². The van der Waals surface area contributed by atoms with Crippen LogP contribution in [0.2, 0.25) is 0 Å². The summed E-state index contributed by atoms with van der Waals surface area (Å²) in [5.41, 5.74) is 1.38. The Morgan fingerprint density at radius 1 is 1.08 bits per heavy atom. The fraction of sp³-hybridized carbons (Fsp3) is 0.350. The van der Waals surface area contributed by atoms with Crippen LogP contribution in [0, 0.1) is 5.41 Å². The molecule has 0 saturated carbocycles. The van der Waals surface area contributed by atoms with Gasteiger partial charge in [-0.2, -0.15) is 0 Å². The molecule has 2 fully saturated rings. The van der Waals surface area contributed by atoms with Crippen LogP contribution >= 0.6 is 0 Å². The van der Waals surface area contributed by atoms with Crippen LogP contribution in [0.15, 0.2) is 48.5 Å². The highest BCUT2D eigenvalue weighted by Gasteiger charge is 2.55. The molecule has 2 aliphatic heterocycles. The van der Waals surface area contributed by atoms with E-state index in [0.717, 1.165) is 31.6 Å². The standard InChI is InChI=1S/C20H21NO4/c22-15-6-7-16(17(23)12-15)19(24)21-13-20(8-10-25-11-9-20)18(21)14-4-2-1-3-5-14/h1-7,12,18,22-23H,8-11,13H2/t18-/m1/s1. The largest absolute Gasteiger partial charge is 0.508 e. The summed E-state index contributed by atoms with van der Waals surface area (Å²) < 4.78 is 5.53. The van der Waals surface area contributed by atoms with Crippen LogP contribution in [0.3, 0.4) is 0 Å². The summed E-state index contributed by atoms with van der Waals surface area (Å²) in [7, 11) is 0. The van der Waals surface area contributed by atoms with E-state index in [9.17, 15) is 15.0 Å². The molecule has 0 bridgehead atoms. The zero-order valence-electron chi connectivity index (χ0n) is 13.9. The Labute approximate surface area is 146 Å². The number of carbonyl (C=O) groups excluding carboxylic acids is 1. The number of rotatable bonds is 2. The van der Waals surface area contributed by atoms with Gasteiger partial charge >= 0.3 is 0 Å². The zero-order chi connectivity index (χ0) is 17.4. The highest BCUT2D eigenvalue weighted by molar-refractivity contribution is 5.98. The maximum absolute atomic E-state index is 13.0. The van der Waals surface area contributed by atoms with Gasteiger partial charge in [0.15, 0.2) is 0 Å². The van der Waals surface area contributed by atoms with Crippen molar-refractivity contribution in [3.63, 3.8) is 0 Å². The summed E-state index contributed by atoms with van der Waals surface area (Å²) in [4.78, 5) is 14.8. The Morgan fingerprint density at radius 3 is 2.48 bits per heavy atom. The number of phenols is 2. The summed E-state index contributed by atoms with van der Waals surface area (Å²) in [6.07, 6.45) is 1.86. The van der Waals surface area contributed by atoms with Crippen molar-refractivity contribution in [1.29, 1.82) is 0 Å². The number of carbonyl (C=O) groups is 1. The van der Waals surface area contributed by atoms with Crippen LogP contribution in [0.5, 0.6) is 11.5 Å². The third-order valence-corrected chi connectivity index (χ3v) is 5.45. The molecule has 1 atom stereocenters. The summed E-state index contributed by atoms with van der Waals surface area (Å²) in [6.45, 7) is 2.10. The van der Waals surface area contributed by atoms with Gasteiger partial charge in [0.1, 0.15) is 11.5 Å². The number of nitrogens with zero attached hydrogens (tertiary/aromatic N) is 1. The number of ether oxygens (including phenoxy) is 1. The number of hydrogen-bond acceptors (Lipinski definition) is 4. The molecule has 0 aliphatic carbocycles. The predicted octanol–water partition coefficient (Wildman–Crippen LogP) is 3.09. The summed E-state index contributed by atoms with van der Waals surface area (Å²) >= 11 is 0. The molecule has 5 nitrogen and oxygen atoms in total. The fourth-order valence-electron chi connectivity index (χ4n) is 4.16. The van der Waals surface area contributed by atoms with Crippen molar-refractivity contribution in [2.45, 2.75) is 18.9 Å². The highest BCUT2D eigenvalue weighted by atomic mass is 16.5. The van der Waals surface area contributed by atoms with Crippen LogP contribution in [0.4, 0.5) is 0 Å². The van der Waals surface area contributed by atoms with E-state index in [-0.39, 0.29) is 34.4 Å².